The Bertz CT molecular complexity index is 866. The molecule has 1 saturated carbocycles. The molecule has 1 aliphatic carbocycles. The predicted molar refractivity (Wildman–Crippen MR) is 114 cm³/mol. The highest BCUT2D eigenvalue weighted by molar-refractivity contribution is 5.35. The third-order valence-corrected chi connectivity index (χ3v) is 5.43. The average Bonchev–Trinajstić information content (AvgIpc) is 3.56. The fraction of sp³-hybridized carbons (Fsp3) is 0.308. The zero-order valence-corrected chi connectivity index (χ0v) is 16.5. The first-order valence-corrected chi connectivity index (χ1v) is 10.4. The second-order valence-electron chi connectivity index (χ2n) is 7.55. The van der Waals surface area contributed by atoms with E-state index < -0.39 is 0 Å². The summed E-state index contributed by atoms with van der Waals surface area (Å²) in [6.07, 6.45) is 4.96. The summed E-state index contributed by atoms with van der Waals surface area (Å²) >= 11 is 0. The van der Waals surface area contributed by atoms with Crippen LogP contribution in [0.2, 0.25) is 0 Å². The van der Waals surface area contributed by atoms with Crippen LogP contribution in [0.25, 0.3) is 0 Å². The van der Waals surface area contributed by atoms with Gasteiger partial charge >= 0.3 is 0 Å². The zero-order chi connectivity index (χ0) is 19.2. The van der Waals surface area contributed by atoms with Gasteiger partial charge in [-0.25, -0.2) is 0 Å². The van der Waals surface area contributed by atoms with Gasteiger partial charge in [-0.05, 0) is 92.0 Å². The number of aryl methyl sites for hydroxylation is 1. The van der Waals surface area contributed by atoms with Crippen LogP contribution in [-0.2, 0) is 6.42 Å². The molecule has 0 aromatic heterocycles. The van der Waals surface area contributed by atoms with E-state index in [-0.39, 0.29) is 0 Å². The van der Waals surface area contributed by atoms with Crippen molar-refractivity contribution in [3.05, 3.63) is 90.0 Å². The molecule has 1 atom stereocenters. The molecule has 2 heteroatoms. The molecule has 0 amide bonds. The Morgan fingerprint density at radius 1 is 0.821 bits per heavy atom. The van der Waals surface area contributed by atoms with Crippen LogP contribution in [0.1, 0.15) is 43.2 Å². The lowest BCUT2D eigenvalue weighted by Crippen LogP contribution is -2.04. The van der Waals surface area contributed by atoms with Crippen molar-refractivity contribution in [2.75, 3.05) is 6.61 Å². The third-order valence-electron chi connectivity index (χ3n) is 5.43. The summed E-state index contributed by atoms with van der Waals surface area (Å²) in [6.45, 7) is 2.74. The molecular weight excluding hydrogens is 344 g/mol. The second-order valence-corrected chi connectivity index (χ2v) is 7.55. The largest absolute Gasteiger partial charge is 0.494 e. The van der Waals surface area contributed by atoms with Gasteiger partial charge in [0.1, 0.15) is 17.2 Å². The van der Waals surface area contributed by atoms with E-state index in [0.717, 1.165) is 29.6 Å². The molecule has 144 valence electrons. The van der Waals surface area contributed by atoms with Crippen LogP contribution < -0.4 is 9.47 Å². The van der Waals surface area contributed by atoms with Crippen LogP contribution in [0, 0.1) is 5.92 Å². The molecule has 2 nitrogen and oxygen atoms in total. The van der Waals surface area contributed by atoms with Crippen molar-refractivity contribution >= 4 is 0 Å². The molecule has 0 heterocycles. The summed E-state index contributed by atoms with van der Waals surface area (Å²) in [5.41, 5.74) is 2.78. The Balaban J connectivity index is 1.41. The minimum absolute atomic E-state index is 0.634. The summed E-state index contributed by atoms with van der Waals surface area (Å²) < 4.78 is 11.6. The number of ether oxygens (including phenoxy) is 2. The molecule has 0 N–H and O–H groups in total. The van der Waals surface area contributed by atoms with Gasteiger partial charge in [0, 0.05) is 0 Å². The third kappa shape index (κ3) is 4.95. The zero-order valence-electron chi connectivity index (χ0n) is 16.5. The van der Waals surface area contributed by atoms with Crippen LogP contribution in [0.4, 0.5) is 0 Å². The summed E-state index contributed by atoms with van der Waals surface area (Å²) in [6, 6.07) is 27.2. The molecule has 3 aromatic carbocycles. The maximum absolute atomic E-state index is 5.99. The van der Waals surface area contributed by atoms with Gasteiger partial charge in [0.05, 0.1) is 6.61 Å². The Kier molecular flexibility index (Phi) is 5.96. The number of hydrogen-bond donors (Lipinski definition) is 0. The summed E-state index contributed by atoms with van der Waals surface area (Å²) in [4.78, 5) is 0. The van der Waals surface area contributed by atoms with Crippen LogP contribution >= 0.6 is 0 Å². The molecular formula is C26H28O2. The maximum atomic E-state index is 5.99. The lowest BCUT2D eigenvalue weighted by Gasteiger charge is -2.18. The number of benzene rings is 3. The van der Waals surface area contributed by atoms with Crippen LogP contribution in [0.5, 0.6) is 17.2 Å². The van der Waals surface area contributed by atoms with E-state index in [4.69, 9.17) is 9.47 Å². The molecule has 3 aromatic rings. The van der Waals surface area contributed by atoms with E-state index in [1.54, 1.807) is 0 Å². The normalized spacial score (nSPS) is 14.5. The van der Waals surface area contributed by atoms with Gasteiger partial charge in [0.2, 0.25) is 0 Å². The molecule has 0 aliphatic heterocycles. The highest BCUT2D eigenvalue weighted by atomic mass is 16.5. The van der Waals surface area contributed by atoms with Gasteiger partial charge in [-0.2, -0.15) is 0 Å². The van der Waals surface area contributed by atoms with Crippen molar-refractivity contribution in [1.82, 2.24) is 0 Å². The molecule has 1 unspecified atom stereocenters. The standard InChI is InChI=1S/C26H28O2/c1-2-27-23-16-14-22(15-17-23)26(21-12-13-21)18-11-20-7-6-10-25(19-20)28-24-8-4-3-5-9-24/h3-10,14-17,19,21,26H,2,11-13,18H2,1H3. The molecule has 4 rings (SSSR count). The first kappa shape index (κ1) is 18.6. The molecule has 1 fully saturated rings. The smallest absolute Gasteiger partial charge is 0.127 e. The van der Waals surface area contributed by atoms with Crippen molar-refractivity contribution < 1.29 is 9.47 Å². The van der Waals surface area contributed by atoms with E-state index >= 15 is 0 Å². The van der Waals surface area contributed by atoms with Gasteiger partial charge in [-0.15, -0.1) is 0 Å². The minimum atomic E-state index is 0.634. The second kappa shape index (κ2) is 8.97. The monoisotopic (exact) mass is 372 g/mol. The fourth-order valence-electron chi connectivity index (χ4n) is 3.86. The molecule has 0 spiro atoms. The van der Waals surface area contributed by atoms with Crippen molar-refractivity contribution in [3.8, 4) is 17.2 Å². The van der Waals surface area contributed by atoms with E-state index in [1.165, 1.54) is 30.4 Å². The maximum Gasteiger partial charge on any atom is 0.127 e. The number of para-hydroxylation sites is 1. The first-order valence-electron chi connectivity index (χ1n) is 10.4. The van der Waals surface area contributed by atoms with Gasteiger partial charge < -0.3 is 9.47 Å². The van der Waals surface area contributed by atoms with Crippen molar-refractivity contribution in [2.24, 2.45) is 5.92 Å². The number of rotatable bonds is 9. The molecule has 0 bridgehead atoms. The van der Waals surface area contributed by atoms with E-state index in [9.17, 15) is 0 Å². The van der Waals surface area contributed by atoms with Gasteiger partial charge in [-0.1, -0.05) is 42.5 Å². The number of hydrogen-bond acceptors (Lipinski definition) is 2. The lowest BCUT2D eigenvalue weighted by molar-refractivity contribution is 0.340. The van der Waals surface area contributed by atoms with E-state index in [0.29, 0.717) is 12.5 Å². The van der Waals surface area contributed by atoms with Crippen molar-refractivity contribution in [1.29, 1.82) is 0 Å². The molecule has 28 heavy (non-hydrogen) atoms. The lowest BCUT2D eigenvalue weighted by atomic mass is 9.88. The van der Waals surface area contributed by atoms with Crippen molar-refractivity contribution in [3.63, 3.8) is 0 Å². The molecule has 1 aliphatic rings. The summed E-state index contributed by atoms with van der Waals surface area (Å²) in [5.74, 6) is 4.22. The Morgan fingerprint density at radius 3 is 2.29 bits per heavy atom. The van der Waals surface area contributed by atoms with Gasteiger partial charge in [0.15, 0.2) is 0 Å². The molecule has 0 saturated heterocycles. The predicted octanol–water partition coefficient (Wildman–Crippen LogP) is 7.00. The average molecular weight is 373 g/mol. The highest BCUT2D eigenvalue weighted by Crippen LogP contribution is 2.45. The summed E-state index contributed by atoms with van der Waals surface area (Å²) in [7, 11) is 0. The quantitative estimate of drug-likeness (QED) is 0.402. The molecule has 0 radical (unpaired) electrons. The first-order chi connectivity index (χ1) is 13.8. The Morgan fingerprint density at radius 2 is 1.57 bits per heavy atom. The van der Waals surface area contributed by atoms with Crippen molar-refractivity contribution in [2.45, 2.75) is 38.5 Å². The Hall–Kier alpha value is -2.74. The van der Waals surface area contributed by atoms with Gasteiger partial charge in [-0.3, -0.25) is 0 Å². The van der Waals surface area contributed by atoms with Crippen LogP contribution in [0.15, 0.2) is 78.9 Å². The SMILES string of the molecule is CCOc1ccc(C(CCc2cccc(Oc3ccccc3)c2)C2CC2)cc1. The van der Waals surface area contributed by atoms with E-state index in [1.807, 2.05) is 43.3 Å². The highest BCUT2D eigenvalue weighted by Gasteiger charge is 2.31. The van der Waals surface area contributed by atoms with E-state index in [2.05, 4.69) is 42.5 Å². The minimum Gasteiger partial charge on any atom is -0.494 e. The Labute approximate surface area is 168 Å². The van der Waals surface area contributed by atoms with Crippen LogP contribution in [-0.4, -0.2) is 6.61 Å². The summed E-state index contributed by atoms with van der Waals surface area (Å²) in [5, 5.41) is 0. The fourth-order valence-corrected chi connectivity index (χ4v) is 3.86. The van der Waals surface area contributed by atoms with Gasteiger partial charge in [0.25, 0.3) is 0 Å². The topological polar surface area (TPSA) is 18.5 Å². The van der Waals surface area contributed by atoms with Crippen LogP contribution in [0.3, 0.4) is 0 Å².